The number of aliphatic hydroxyl groups excluding tert-OH is 1. The highest BCUT2D eigenvalue weighted by Crippen LogP contribution is 2.44. The van der Waals surface area contributed by atoms with E-state index in [1.807, 2.05) is 30.3 Å². The third-order valence-corrected chi connectivity index (χ3v) is 8.06. The Hall–Kier alpha value is -4.02. The molecule has 9 nitrogen and oxygen atoms in total. The fourth-order valence-corrected chi connectivity index (χ4v) is 6.07. The number of carbonyl (C=O) groups excluding carboxylic acids is 2. The third kappa shape index (κ3) is 6.03. The van der Waals surface area contributed by atoms with E-state index >= 15 is 0 Å². The summed E-state index contributed by atoms with van der Waals surface area (Å²) in [7, 11) is -3.46. The minimum atomic E-state index is -3.46. The van der Waals surface area contributed by atoms with Crippen molar-refractivity contribution in [3.05, 3.63) is 94.2 Å². The summed E-state index contributed by atoms with van der Waals surface area (Å²) >= 11 is 6.66. The topological polar surface area (TPSA) is 122 Å². The van der Waals surface area contributed by atoms with Crippen molar-refractivity contribution in [3.8, 4) is 11.1 Å². The molecule has 1 atom stereocenters. The molecule has 1 fully saturated rings. The van der Waals surface area contributed by atoms with Crippen LogP contribution in [0.5, 0.6) is 0 Å². The van der Waals surface area contributed by atoms with Crippen LogP contribution in [0.15, 0.2) is 72.5 Å². The number of ether oxygens (including phenoxy) is 2. The third-order valence-electron chi connectivity index (χ3n) is 7.14. The van der Waals surface area contributed by atoms with Gasteiger partial charge in [0.1, 0.15) is 12.2 Å². The molecule has 0 saturated carbocycles. The van der Waals surface area contributed by atoms with Crippen LogP contribution in [0.1, 0.15) is 29.5 Å². The molecule has 214 valence electrons. The number of sulfonamides is 1. The minimum Gasteiger partial charge on any atom is -0.507 e. The van der Waals surface area contributed by atoms with Crippen LogP contribution < -0.4 is 4.72 Å². The van der Waals surface area contributed by atoms with Gasteiger partial charge in [-0.05, 0) is 66.3 Å². The number of piperidine rings is 1. The Morgan fingerprint density at radius 2 is 1.88 bits per heavy atom. The van der Waals surface area contributed by atoms with Crippen LogP contribution >= 0.6 is 11.6 Å². The van der Waals surface area contributed by atoms with E-state index in [9.17, 15) is 23.1 Å². The highest BCUT2D eigenvalue weighted by molar-refractivity contribution is 7.92. The van der Waals surface area contributed by atoms with Crippen LogP contribution in [0.25, 0.3) is 16.7 Å². The molecule has 41 heavy (non-hydrogen) atoms. The predicted octanol–water partition coefficient (Wildman–Crippen LogP) is 5.68. The lowest BCUT2D eigenvalue weighted by atomic mass is 9.88. The van der Waals surface area contributed by atoms with Crippen LogP contribution in [0.4, 0.5) is 10.5 Å². The van der Waals surface area contributed by atoms with Crippen molar-refractivity contribution in [1.82, 2.24) is 4.90 Å². The SMILES string of the molecule is Cc1cc(-c2cccc(NS(C)(=O)=O)c2)c(Cl)cc1C1=C(O)C2(CCCN(C(=O)OCc3ccccc3)C2)OC1=O. The number of carbonyl (C=O) groups is 2. The maximum Gasteiger partial charge on any atom is 0.410 e. The molecule has 0 aromatic heterocycles. The van der Waals surface area contributed by atoms with Gasteiger partial charge in [0, 0.05) is 22.8 Å². The number of nitrogens with zero attached hydrogens (tertiary/aromatic N) is 1. The van der Waals surface area contributed by atoms with Crippen molar-refractivity contribution in [2.45, 2.75) is 32.0 Å². The van der Waals surface area contributed by atoms with E-state index in [-0.39, 0.29) is 24.5 Å². The number of rotatable bonds is 6. The molecule has 1 spiro atoms. The standard InChI is InChI=1S/C30H29ClN2O7S/c1-19-14-24(21-10-6-11-22(15-21)32-41(2,37)38)25(31)16-23(19)26-27(34)30(40-28(26)35)12-7-13-33(18-30)29(36)39-17-20-8-4-3-5-9-20/h3-6,8-11,14-16,32,34H,7,12-13,17-18H2,1-2H3. The summed E-state index contributed by atoms with van der Waals surface area (Å²) in [6.07, 6.45) is 1.36. The van der Waals surface area contributed by atoms with Gasteiger partial charge in [0.15, 0.2) is 11.4 Å². The van der Waals surface area contributed by atoms with Crippen molar-refractivity contribution in [2.75, 3.05) is 24.1 Å². The molecule has 0 aliphatic carbocycles. The molecule has 1 amide bonds. The molecule has 0 bridgehead atoms. The van der Waals surface area contributed by atoms with Gasteiger partial charge in [-0.25, -0.2) is 18.0 Å². The zero-order valence-electron chi connectivity index (χ0n) is 22.5. The predicted molar refractivity (Wildman–Crippen MR) is 156 cm³/mol. The maximum atomic E-state index is 13.2. The quantitative estimate of drug-likeness (QED) is 0.351. The number of aryl methyl sites for hydroxylation is 1. The zero-order chi connectivity index (χ0) is 29.4. The number of halogens is 1. The Morgan fingerprint density at radius 3 is 2.61 bits per heavy atom. The van der Waals surface area contributed by atoms with Crippen molar-refractivity contribution in [3.63, 3.8) is 0 Å². The molecule has 1 saturated heterocycles. The van der Waals surface area contributed by atoms with Crippen molar-refractivity contribution < 1.29 is 32.6 Å². The minimum absolute atomic E-state index is 0.00273. The molecule has 2 aliphatic rings. The normalized spacial score (nSPS) is 18.9. The summed E-state index contributed by atoms with van der Waals surface area (Å²) in [6, 6.07) is 19.4. The molecule has 5 rings (SSSR count). The maximum absolute atomic E-state index is 13.2. The summed E-state index contributed by atoms with van der Waals surface area (Å²) in [5.41, 5.74) is 2.20. The van der Waals surface area contributed by atoms with E-state index in [1.54, 1.807) is 43.3 Å². The van der Waals surface area contributed by atoms with Crippen LogP contribution in [-0.4, -0.2) is 55.4 Å². The average Bonchev–Trinajstić information content (AvgIpc) is 3.16. The Bertz CT molecular complexity index is 1660. The van der Waals surface area contributed by atoms with Gasteiger partial charge in [-0.1, -0.05) is 54.1 Å². The summed E-state index contributed by atoms with van der Waals surface area (Å²) in [5.74, 6) is -0.942. The number of amides is 1. The lowest BCUT2D eigenvalue weighted by molar-refractivity contribution is -0.151. The molecule has 2 N–H and O–H groups in total. The van der Waals surface area contributed by atoms with Gasteiger partial charge in [0.25, 0.3) is 0 Å². The molecule has 11 heteroatoms. The van der Waals surface area contributed by atoms with E-state index in [0.29, 0.717) is 52.4 Å². The Morgan fingerprint density at radius 1 is 1.12 bits per heavy atom. The molecular weight excluding hydrogens is 568 g/mol. The largest absolute Gasteiger partial charge is 0.507 e. The average molecular weight is 597 g/mol. The first-order valence-corrected chi connectivity index (χ1v) is 15.2. The van der Waals surface area contributed by atoms with E-state index in [0.717, 1.165) is 11.8 Å². The number of benzene rings is 3. The van der Waals surface area contributed by atoms with Gasteiger partial charge in [-0.3, -0.25) is 4.72 Å². The van der Waals surface area contributed by atoms with Crippen LogP contribution in [0, 0.1) is 6.92 Å². The van der Waals surface area contributed by atoms with E-state index < -0.39 is 27.7 Å². The fourth-order valence-electron chi connectivity index (χ4n) is 5.24. The zero-order valence-corrected chi connectivity index (χ0v) is 24.1. The number of likely N-dealkylation sites (tertiary alicyclic amines) is 1. The van der Waals surface area contributed by atoms with Crippen LogP contribution in [0.3, 0.4) is 0 Å². The Balaban J connectivity index is 1.40. The lowest BCUT2D eigenvalue weighted by Crippen LogP contribution is -2.51. The number of hydrogen-bond donors (Lipinski definition) is 2. The van der Waals surface area contributed by atoms with Gasteiger partial charge >= 0.3 is 12.1 Å². The molecular formula is C30H29ClN2O7S. The van der Waals surface area contributed by atoms with Gasteiger partial charge in [-0.15, -0.1) is 0 Å². The first-order chi connectivity index (χ1) is 19.5. The summed E-state index contributed by atoms with van der Waals surface area (Å²) in [6.45, 7) is 2.25. The number of aliphatic hydroxyl groups is 1. The van der Waals surface area contributed by atoms with Gasteiger partial charge in [0.05, 0.1) is 12.8 Å². The number of hydrogen-bond acceptors (Lipinski definition) is 7. The molecule has 1 unspecified atom stereocenters. The first kappa shape index (κ1) is 28.5. The Kier molecular flexibility index (Phi) is 7.72. The molecule has 3 aromatic carbocycles. The second-order valence-corrected chi connectivity index (χ2v) is 12.4. The molecule has 2 heterocycles. The van der Waals surface area contributed by atoms with Gasteiger partial charge in [0.2, 0.25) is 10.0 Å². The number of anilines is 1. The Labute approximate surface area is 243 Å². The smallest absolute Gasteiger partial charge is 0.410 e. The van der Waals surface area contributed by atoms with Gasteiger partial charge in [-0.2, -0.15) is 0 Å². The van der Waals surface area contributed by atoms with Crippen LogP contribution in [0.2, 0.25) is 5.02 Å². The molecule has 2 aliphatic heterocycles. The summed E-state index contributed by atoms with van der Waals surface area (Å²) in [4.78, 5) is 27.4. The second kappa shape index (κ2) is 11.1. The van der Waals surface area contributed by atoms with E-state index in [4.69, 9.17) is 21.1 Å². The molecule has 3 aromatic rings. The lowest BCUT2D eigenvalue weighted by Gasteiger charge is -2.38. The monoisotopic (exact) mass is 596 g/mol. The van der Waals surface area contributed by atoms with Gasteiger partial charge < -0.3 is 19.5 Å². The molecule has 0 radical (unpaired) electrons. The van der Waals surface area contributed by atoms with E-state index in [1.165, 1.54) is 4.90 Å². The van der Waals surface area contributed by atoms with Crippen molar-refractivity contribution in [2.24, 2.45) is 0 Å². The highest BCUT2D eigenvalue weighted by atomic mass is 35.5. The summed E-state index contributed by atoms with van der Waals surface area (Å²) in [5, 5.41) is 11.7. The number of nitrogens with one attached hydrogen (secondary N) is 1. The summed E-state index contributed by atoms with van der Waals surface area (Å²) < 4.78 is 37.0. The fraction of sp³-hybridized carbons (Fsp3) is 0.267. The first-order valence-electron chi connectivity index (χ1n) is 13.0. The highest BCUT2D eigenvalue weighted by Gasteiger charge is 2.52. The van der Waals surface area contributed by atoms with E-state index in [2.05, 4.69) is 4.72 Å². The van der Waals surface area contributed by atoms with Crippen LogP contribution in [-0.2, 0) is 30.9 Å². The number of esters is 1. The van der Waals surface area contributed by atoms with Crippen molar-refractivity contribution in [1.29, 1.82) is 0 Å². The second-order valence-electron chi connectivity index (χ2n) is 10.3. The van der Waals surface area contributed by atoms with Crippen molar-refractivity contribution >= 4 is 44.9 Å².